The average molecular weight is 420 g/mol. The molecule has 1 unspecified atom stereocenters. The van der Waals surface area contributed by atoms with E-state index in [1.165, 1.54) is 6.08 Å². The van der Waals surface area contributed by atoms with Crippen molar-refractivity contribution in [3.8, 4) is 0 Å². The van der Waals surface area contributed by atoms with Gasteiger partial charge in [0.05, 0.1) is 12.6 Å². The van der Waals surface area contributed by atoms with E-state index >= 15 is 0 Å². The predicted molar refractivity (Wildman–Crippen MR) is 115 cm³/mol. The van der Waals surface area contributed by atoms with E-state index in [4.69, 9.17) is 16.3 Å². The van der Waals surface area contributed by atoms with E-state index in [9.17, 15) is 9.59 Å². The molecule has 0 spiro atoms. The van der Waals surface area contributed by atoms with Gasteiger partial charge in [-0.2, -0.15) is 0 Å². The van der Waals surface area contributed by atoms with Crippen molar-refractivity contribution in [2.45, 2.75) is 37.8 Å². The molecule has 6 nitrogen and oxygen atoms in total. The fourth-order valence-corrected chi connectivity index (χ4v) is 4.02. The van der Waals surface area contributed by atoms with E-state index in [2.05, 4.69) is 17.3 Å². The number of likely N-dealkylation sites (N-methyl/N-ethyl adjacent to an activating group) is 1. The summed E-state index contributed by atoms with van der Waals surface area (Å²) in [5.41, 5.74) is 0.880. The van der Waals surface area contributed by atoms with E-state index in [1.807, 2.05) is 17.0 Å². The lowest BCUT2D eigenvalue weighted by molar-refractivity contribution is -0.133. The first kappa shape index (κ1) is 21.8. The van der Waals surface area contributed by atoms with E-state index in [0.717, 1.165) is 57.5 Å². The smallest absolute Gasteiger partial charge is 0.244 e. The van der Waals surface area contributed by atoms with Gasteiger partial charge >= 0.3 is 0 Å². The first-order valence-electron chi connectivity index (χ1n) is 10.3. The number of hydrogen-bond donors (Lipinski definition) is 1. The second-order valence-electron chi connectivity index (χ2n) is 7.79. The minimum absolute atomic E-state index is 0.0280. The molecule has 1 aromatic carbocycles. The van der Waals surface area contributed by atoms with Crippen molar-refractivity contribution in [1.82, 2.24) is 15.1 Å². The number of carbonyl (C=O) groups is 2. The number of amides is 2. The molecule has 2 fully saturated rings. The number of rotatable bonds is 7. The van der Waals surface area contributed by atoms with Gasteiger partial charge in [0.15, 0.2) is 0 Å². The van der Waals surface area contributed by atoms with Gasteiger partial charge < -0.3 is 19.9 Å². The van der Waals surface area contributed by atoms with Crippen molar-refractivity contribution < 1.29 is 14.3 Å². The van der Waals surface area contributed by atoms with Crippen molar-refractivity contribution in [1.29, 1.82) is 0 Å². The van der Waals surface area contributed by atoms with Crippen LogP contribution < -0.4 is 5.32 Å². The molecular weight excluding hydrogens is 390 g/mol. The number of ether oxygens (including phenoxy) is 1. The summed E-state index contributed by atoms with van der Waals surface area (Å²) in [6.07, 6.45) is 7.71. The Balaban J connectivity index is 1.35. The van der Waals surface area contributed by atoms with Gasteiger partial charge in [-0.25, -0.2) is 0 Å². The lowest BCUT2D eigenvalue weighted by Crippen LogP contribution is -2.49. The summed E-state index contributed by atoms with van der Waals surface area (Å²) < 4.78 is 5.72. The Hall–Kier alpha value is -1.89. The van der Waals surface area contributed by atoms with Crippen LogP contribution in [0.4, 0.5) is 0 Å². The Morgan fingerprint density at radius 3 is 2.62 bits per heavy atom. The van der Waals surface area contributed by atoms with E-state index in [-0.39, 0.29) is 18.4 Å². The van der Waals surface area contributed by atoms with Gasteiger partial charge in [-0.1, -0.05) is 23.7 Å². The molecule has 2 saturated heterocycles. The summed E-state index contributed by atoms with van der Waals surface area (Å²) in [6, 6.07) is 7.68. The number of likely N-dealkylation sites (tertiary alicyclic amines) is 1. The van der Waals surface area contributed by atoms with Crippen molar-refractivity contribution >= 4 is 29.5 Å². The van der Waals surface area contributed by atoms with Gasteiger partial charge in [0, 0.05) is 43.4 Å². The Morgan fingerprint density at radius 2 is 1.97 bits per heavy atom. The molecule has 3 rings (SSSR count). The fourth-order valence-electron chi connectivity index (χ4n) is 3.89. The summed E-state index contributed by atoms with van der Waals surface area (Å²) in [7, 11) is 2.15. The third-order valence-corrected chi connectivity index (χ3v) is 5.92. The van der Waals surface area contributed by atoms with Gasteiger partial charge in [0.25, 0.3) is 0 Å². The summed E-state index contributed by atoms with van der Waals surface area (Å²) in [4.78, 5) is 28.6. The number of hydrogen-bond acceptors (Lipinski definition) is 4. The zero-order chi connectivity index (χ0) is 20.6. The Labute approximate surface area is 177 Å². The zero-order valence-electron chi connectivity index (χ0n) is 17.0. The van der Waals surface area contributed by atoms with Crippen molar-refractivity contribution in [3.05, 3.63) is 40.9 Å². The molecule has 0 radical (unpaired) electrons. The minimum Gasteiger partial charge on any atom is -0.377 e. The fraction of sp³-hybridized carbons (Fsp3) is 0.545. The highest BCUT2D eigenvalue weighted by Gasteiger charge is 2.27. The quantitative estimate of drug-likeness (QED) is 0.690. The average Bonchev–Trinajstić information content (AvgIpc) is 3.24. The summed E-state index contributed by atoms with van der Waals surface area (Å²) >= 11 is 5.84. The van der Waals surface area contributed by atoms with Crippen LogP contribution in [0.1, 0.15) is 31.2 Å². The largest absolute Gasteiger partial charge is 0.377 e. The maximum absolute atomic E-state index is 12.4. The van der Waals surface area contributed by atoms with Gasteiger partial charge in [0.1, 0.15) is 0 Å². The molecule has 0 bridgehead atoms. The third kappa shape index (κ3) is 6.84. The molecule has 0 saturated carbocycles. The highest BCUT2D eigenvalue weighted by molar-refractivity contribution is 6.30. The van der Waals surface area contributed by atoms with Crippen LogP contribution in [0.3, 0.4) is 0 Å². The summed E-state index contributed by atoms with van der Waals surface area (Å²) in [6.45, 7) is 3.34. The number of benzene rings is 1. The molecule has 158 valence electrons. The van der Waals surface area contributed by atoms with Crippen molar-refractivity contribution in [2.24, 2.45) is 0 Å². The normalized spacial score (nSPS) is 20.5. The molecule has 2 heterocycles. The van der Waals surface area contributed by atoms with Gasteiger partial charge in [-0.05, 0) is 56.5 Å². The van der Waals surface area contributed by atoms with Crippen molar-refractivity contribution in [2.75, 3.05) is 39.8 Å². The van der Waals surface area contributed by atoms with Crippen LogP contribution in [0.15, 0.2) is 30.3 Å². The number of carbonyl (C=O) groups excluding carboxylic acids is 2. The number of nitrogens with zero attached hydrogens (tertiary/aromatic N) is 2. The second kappa shape index (κ2) is 10.8. The molecule has 7 heteroatoms. The highest BCUT2D eigenvalue weighted by atomic mass is 35.5. The van der Waals surface area contributed by atoms with E-state index in [1.54, 1.807) is 18.2 Å². The number of halogens is 1. The molecule has 2 aliphatic heterocycles. The first-order chi connectivity index (χ1) is 14.0. The Morgan fingerprint density at radius 1 is 1.24 bits per heavy atom. The van der Waals surface area contributed by atoms with Gasteiger partial charge in [-0.15, -0.1) is 0 Å². The van der Waals surface area contributed by atoms with Crippen LogP contribution in [-0.4, -0.2) is 73.6 Å². The summed E-state index contributed by atoms with van der Waals surface area (Å²) in [5.74, 6) is -0.307. The number of nitrogens with one attached hydrogen (secondary N) is 1. The van der Waals surface area contributed by atoms with Crippen molar-refractivity contribution in [3.63, 3.8) is 0 Å². The molecule has 1 atom stereocenters. The highest BCUT2D eigenvalue weighted by Crippen LogP contribution is 2.19. The molecular formula is C22H30ClN3O3. The predicted octanol–water partition coefficient (Wildman–Crippen LogP) is 2.57. The third-order valence-electron chi connectivity index (χ3n) is 5.67. The standard InChI is InChI=1S/C22H30ClN3O3/c1-25(16-20-3-2-14-29-20)19-10-12-26(13-11-19)22(28)15-24-21(27)9-6-17-4-7-18(23)8-5-17/h4-9,19-20H,2-3,10-16H2,1H3,(H,24,27)/b9-6+. The molecule has 0 aliphatic carbocycles. The van der Waals surface area contributed by atoms with Crippen LogP contribution in [0.2, 0.25) is 5.02 Å². The summed E-state index contributed by atoms with van der Waals surface area (Å²) in [5, 5.41) is 3.33. The van der Waals surface area contributed by atoms with Crippen LogP contribution in [0.5, 0.6) is 0 Å². The van der Waals surface area contributed by atoms with E-state index < -0.39 is 0 Å². The maximum atomic E-state index is 12.4. The molecule has 2 amide bonds. The lowest BCUT2D eigenvalue weighted by Gasteiger charge is -2.37. The molecule has 1 aromatic rings. The monoisotopic (exact) mass is 419 g/mol. The molecule has 2 aliphatic rings. The topological polar surface area (TPSA) is 61.9 Å². The van der Waals surface area contributed by atoms with E-state index in [0.29, 0.717) is 17.2 Å². The molecule has 29 heavy (non-hydrogen) atoms. The lowest BCUT2D eigenvalue weighted by atomic mass is 10.0. The number of piperidine rings is 1. The van der Waals surface area contributed by atoms with Gasteiger partial charge in [-0.3, -0.25) is 9.59 Å². The Bertz CT molecular complexity index is 709. The van der Waals surface area contributed by atoms with Crippen LogP contribution in [0, 0.1) is 0 Å². The SMILES string of the molecule is CN(CC1CCCO1)C1CCN(C(=O)CNC(=O)/C=C/c2ccc(Cl)cc2)CC1. The first-order valence-corrected chi connectivity index (χ1v) is 10.7. The van der Waals surface area contributed by atoms with Crippen LogP contribution in [-0.2, 0) is 14.3 Å². The zero-order valence-corrected chi connectivity index (χ0v) is 17.7. The molecule has 0 aromatic heterocycles. The Kier molecular flexibility index (Phi) is 8.09. The second-order valence-corrected chi connectivity index (χ2v) is 8.23. The molecule has 1 N–H and O–H groups in total. The van der Waals surface area contributed by atoms with Crippen LogP contribution >= 0.6 is 11.6 Å². The minimum atomic E-state index is -0.278. The van der Waals surface area contributed by atoms with Gasteiger partial charge in [0.2, 0.25) is 11.8 Å². The van der Waals surface area contributed by atoms with Crippen LogP contribution in [0.25, 0.3) is 6.08 Å². The maximum Gasteiger partial charge on any atom is 0.244 e.